The lowest BCUT2D eigenvalue weighted by atomic mass is 9.96. The molecular weight excluding hydrogens is 218 g/mol. The molecule has 1 saturated heterocycles. The molecule has 0 aromatic carbocycles. The van der Waals surface area contributed by atoms with Gasteiger partial charge in [-0.1, -0.05) is 0 Å². The SMILES string of the molecule is CC(C)OC(=O)C1CCN(C(=O)C2CC2)CC1. The van der Waals surface area contributed by atoms with Crippen molar-refractivity contribution in [3.63, 3.8) is 0 Å². The fraction of sp³-hybridized carbons (Fsp3) is 0.846. The number of likely N-dealkylation sites (tertiary alicyclic amines) is 1. The monoisotopic (exact) mass is 239 g/mol. The molecule has 0 spiro atoms. The van der Waals surface area contributed by atoms with Crippen LogP contribution in [-0.2, 0) is 14.3 Å². The van der Waals surface area contributed by atoms with Crippen LogP contribution < -0.4 is 0 Å². The van der Waals surface area contributed by atoms with E-state index in [0.29, 0.717) is 19.0 Å². The number of hydrogen-bond acceptors (Lipinski definition) is 3. The van der Waals surface area contributed by atoms with Gasteiger partial charge in [0.2, 0.25) is 5.91 Å². The van der Waals surface area contributed by atoms with Crippen LogP contribution in [0.5, 0.6) is 0 Å². The smallest absolute Gasteiger partial charge is 0.309 e. The van der Waals surface area contributed by atoms with Gasteiger partial charge in [0.1, 0.15) is 0 Å². The van der Waals surface area contributed by atoms with Crippen molar-refractivity contribution in [2.24, 2.45) is 11.8 Å². The van der Waals surface area contributed by atoms with Gasteiger partial charge in [0.05, 0.1) is 12.0 Å². The van der Waals surface area contributed by atoms with Crippen LogP contribution in [-0.4, -0.2) is 36.0 Å². The number of nitrogens with zero attached hydrogens (tertiary/aromatic N) is 1. The van der Waals surface area contributed by atoms with E-state index in [1.165, 1.54) is 0 Å². The number of hydrogen-bond donors (Lipinski definition) is 0. The number of carbonyl (C=O) groups excluding carboxylic acids is 2. The van der Waals surface area contributed by atoms with Crippen LogP contribution in [0.3, 0.4) is 0 Å². The first kappa shape index (κ1) is 12.4. The Hall–Kier alpha value is -1.06. The first-order valence-electron chi connectivity index (χ1n) is 6.57. The van der Waals surface area contributed by atoms with Crippen molar-refractivity contribution in [2.75, 3.05) is 13.1 Å². The first-order valence-corrected chi connectivity index (χ1v) is 6.57. The van der Waals surface area contributed by atoms with E-state index >= 15 is 0 Å². The molecule has 0 aromatic heterocycles. The number of amides is 1. The van der Waals surface area contributed by atoms with Crippen LogP contribution in [0.25, 0.3) is 0 Å². The molecule has 1 saturated carbocycles. The molecule has 0 unspecified atom stereocenters. The van der Waals surface area contributed by atoms with Gasteiger partial charge in [-0.05, 0) is 39.5 Å². The highest BCUT2D eigenvalue weighted by atomic mass is 16.5. The second-order valence-electron chi connectivity index (χ2n) is 5.36. The molecule has 1 aliphatic carbocycles. The summed E-state index contributed by atoms with van der Waals surface area (Å²) in [6.45, 7) is 5.16. The van der Waals surface area contributed by atoms with Crippen molar-refractivity contribution in [2.45, 2.75) is 45.6 Å². The molecule has 0 aromatic rings. The van der Waals surface area contributed by atoms with Crippen LogP contribution in [0.1, 0.15) is 39.5 Å². The van der Waals surface area contributed by atoms with Gasteiger partial charge < -0.3 is 9.64 Å². The van der Waals surface area contributed by atoms with E-state index < -0.39 is 0 Å². The van der Waals surface area contributed by atoms with Gasteiger partial charge in [0.25, 0.3) is 0 Å². The van der Waals surface area contributed by atoms with Crippen molar-refractivity contribution in [1.82, 2.24) is 4.90 Å². The topological polar surface area (TPSA) is 46.6 Å². The summed E-state index contributed by atoms with van der Waals surface area (Å²) >= 11 is 0. The summed E-state index contributed by atoms with van der Waals surface area (Å²) in [6, 6.07) is 0. The molecule has 1 amide bonds. The number of esters is 1. The molecule has 1 aliphatic heterocycles. The average Bonchev–Trinajstić information content (AvgIpc) is 3.11. The van der Waals surface area contributed by atoms with Crippen LogP contribution in [0, 0.1) is 11.8 Å². The molecule has 0 N–H and O–H groups in total. The van der Waals surface area contributed by atoms with Gasteiger partial charge in [0, 0.05) is 19.0 Å². The number of rotatable bonds is 3. The van der Waals surface area contributed by atoms with Crippen LogP contribution in [0.4, 0.5) is 0 Å². The van der Waals surface area contributed by atoms with Gasteiger partial charge in [-0.15, -0.1) is 0 Å². The zero-order valence-corrected chi connectivity index (χ0v) is 10.6. The Morgan fingerprint density at radius 1 is 1.06 bits per heavy atom. The summed E-state index contributed by atoms with van der Waals surface area (Å²) in [7, 11) is 0. The van der Waals surface area contributed by atoms with E-state index in [4.69, 9.17) is 4.74 Å². The normalized spacial score (nSPS) is 21.7. The zero-order chi connectivity index (χ0) is 12.4. The number of ether oxygens (including phenoxy) is 1. The number of piperidine rings is 1. The van der Waals surface area contributed by atoms with Gasteiger partial charge in [-0.25, -0.2) is 0 Å². The predicted molar refractivity (Wildman–Crippen MR) is 63.3 cm³/mol. The Labute approximate surface area is 102 Å². The molecule has 1 heterocycles. The Kier molecular flexibility index (Phi) is 3.69. The van der Waals surface area contributed by atoms with Crippen molar-refractivity contribution in [3.05, 3.63) is 0 Å². The maximum atomic E-state index is 11.8. The standard InChI is InChI=1S/C13H21NO3/c1-9(2)17-13(16)11-5-7-14(8-6-11)12(15)10-3-4-10/h9-11H,3-8H2,1-2H3. The number of carbonyl (C=O) groups is 2. The molecule has 4 heteroatoms. The Bertz CT molecular complexity index is 302. The predicted octanol–water partition coefficient (Wildman–Crippen LogP) is 1.59. The quantitative estimate of drug-likeness (QED) is 0.703. The van der Waals surface area contributed by atoms with E-state index in [9.17, 15) is 9.59 Å². The Balaban J connectivity index is 1.77. The summed E-state index contributed by atoms with van der Waals surface area (Å²) in [5.74, 6) is 0.467. The highest BCUT2D eigenvalue weighted by Crippen LogP contribution is 2.32. The third kappa shape index (κ3) is 3.20. The van der Waals surface area contributed by atoms with Gasteiger partial charge in [-0.3, -0.25) is 9.59 Å². The second kappa shape index (κ2) is 5.07. The van der Waals surface area contributed by atoms with E-state index in [0.717, 1.165) is 25.7 Å². The highest BCUT2D eigenvalue weighted by Gasteiger charge is 2.36. The summed E-state index contributed by atoms with van der Waals surface area (Å²) in [5.41, 5.74) is 0. The van der Waals surface area contributed by atoms with Gasteiger partial charge >= 0.3 is 5.97 Å². The maximum Gasteiger partial charge on any atom is 0.309 e. The molecule has 4 nitrogen and oxygen atoms in total. The molecule has 2 rings (SSSR count). The summed E-state index contributed by atoms with van der Waals surface area (Å²) in [5, 5.41) is 0. The zero-order valence-electron chi connectivity index (χ0n) is 10.6. The lowest BCUT2D eigenvalue weighted by Gasteiger charge is -2.31. The third-order valence-corrected chi connectivity index (χ3v) is 3.42. The van der Waals surface area contributed by atoms with Crippen LogP contribution >= 0.6 is 0 Å². The van der Waals surface area contributed by atoms with Crippen molar-refractivity contribution in [3.8, 4) is 0 Å². The molecule has 0 radical (unpaired) electrons. The minimum absolute atomic E-state index is 0.0133. The van der Waals surface area contributed by atoms with Gasteiger partial charge in [0.15, 0.2) is 0 Å². The van der Waals surface area contributed by atoms with Crippen molar-refractivity contribution >= 4 is 11.9 Å². The van der Waals surface area contributed by atoms with E-state index in [-0.39, 0.29) is 23.9 Å². The highest BCUT2D eigenvalue weighted by molar-refractivity contribution is 5.81. The lowest BCUT2D eigenvalue weighted by Crippen LogP contribution is -2.41. The molecule has 17 heavy (non-hydrogen) atoms. The second-order valence-corrected chi connectivity index (χ2v) is 5.36. The minimum Gasteiger partial charge on any atom is -0.463 e. The Morgan fingerprint density at radius 2 is 1.65 bits per heavy atom. The van der Waals surface area contributed by atoms with E-state index in [2.05, 4.69) is 0 Å². The van der Waals surface area contributed by atoms with Gasteiger partial charge in [-0.2, -0.15) is 0 Å². The fourth-order valence-electron chi connectivity index (χ4n) is 2.25. The third-order valence-electron chi connectivity index (χ3n) is 3.42. The summed E-state index contributed by atoms with van der Waals surface area (Å²) in [6.07, 6.45) is 3.56. The van der Waals surface area contributed by atoms with E-state index in [1.54, 1.807) is 0 Å². The molecule has 0 atom stereocenters. The molecule has 2 aliphatic rings. The Morgan fingerprint density at radius 3 is 2.12 bits per heavy atom. The fourth-order valence-corrected chi connectivity index (χ4v) is 2.25. The average molecular weight is 239 g/mol. The van der Waals surface area contributed by atoms with Crippen molar-refractivity contribution in [1.29, 1.82) is 0 Å². The van der Waals surface area contributed by atoms with Crippen LogP contribution in [0.15, 0.2) is 0 Å². The molecule has 0 bridgehead atoms. The summed E-state index contributed by atoms with van der Waals surface area (Å²) < 4.78 is 5.20. The van der Waals surface area contributed by atoms with Crippen LogP contribution in [0.2, 0.25) is 0 Å². The molecule has 2 fully saturated rings. The van der Waals surface area contributed by atoms with E-state index in [1.807, 2.05) is 18.7 Å². The van der Waals surface area contributed by atoms with Crippen molar-refractivity contribution < 1.29 is 14.3 Å². The maximum absolute atomic E-state index is 11.8. The first-order chi connectivity index (χ1) is 8.08. The molecular formula is C13H21NO3. The molecule has 96 valence electrons. The summed E-state index contributed by atoms with van der Waals surface area (Å²) in [4.78, 5) is 25.4. The minimum atomic E-state index is -0.0986. The lowest BCUT2D eigenvalue weighted by molar-refractivity contribution is -0.155. The largest absolute Gasteiger partial charge is 0.463 e.